The number of aromatic nitrogens is 1. The summed E-state index contributed by atoms with van der Waals surface area (Å²) in [5, 5.41) is 10.3. The maximum Gasteiger partial charge on any atom is 0.305 e. The third kappa shape index (κ3) is 2.95. The molecule has 1 heterocycles. The number of carbonyl (C=O) groups is 2. The minimum Gasteiger partial charge on any atom is -0.481 e. The van der Waals surface area contributed by atoms with Crippen molar-refractivity contribution in [3.63, 3.8) is 0 Å². The van der Waals surface area contributed by atoms with E-state index in [1.165, 1.54) is 4.90 Å². The van der Waals surface area contributed by atoms with Crippen LogP contribution in [0.5, 0.6) is 0 Å². The molecule has 0 atom stereocenters. The number of nitrogens with zero attached hydrogens (tertiary/aromatic N) is 2. The zero-order chi connectivity index (χ0) is 16.4. The van der Waals surface area contributed by atoms with Crippen molar-refractivity contribution in [2.75, 3.05) is 13.6 Å². The molecule has 0 spiro atoms. The van der Waals surface area contributed by atoms with E-state index in [-0.39, 0.29) is 18.9 Å². The normalized spacial score (nSPS) is 10.9. The van der Waals surface area contributed by atoms with Crippen molar-refractivity contribution in [3.8, 4) is 0 Å². The Labute approximate surface area is 134 Å². The number of aliphatic carboxylic acids is 1. The molecule has 0 fully saturated rings. The molecule has 1 aromatic carbocycles. The zero-order valence-electron chi connectivity index (χ0n) is 12.9. The minimum absolute atomic E-state index is 0.0700. The highest BCUT2D eigenvalue weighted by Crippen LogP contribution is 2.29. The van der Waals surface area contributed by atoms with Gasteiger partial charge >= 0.3 is 5.97 Å². The molecule has 0 radical (unpaired) electrons. The molecule has 0 saturated heterocycles. The van der Waals surface area contributed by atoms with Crippen molar-refractivity contribution < 1.29 is 14.7 Å². The molecule has 0 aliphatic rings. The summed E-state index contributed by atoms with van der Waals surface area (Å²) in [6, 6.07) is 5.56. The predicted octanol–water partition coefficient (Wildman–Crippen LogP) is 3.17. The molecule has 0 aliphatic heterocycles. The number of halogens is 1. The third-order valence-corrected chi connectivity index (χ3v) is 4.04. The van der Waals surface area contributed by atoms with Gasteiger partial charge in [0.1, 0.15) is 5.69 Å². The Hall–Kier alpha value is -2.01. The lowest BCUT2D eigenvalue weighted by molar-refractivity contribution is -0.137. The first-order valence-electron chi connectivity index (χ1n) is 7.12. The van der Waals surface area contributed by atoms with Crippen LogP contribution in [0.1, 0.15) is 29.4 Å². The van der Waals surface area contributed by atoms with Gasteiger partial charge in [-0.15, -0.1) is 0 Å². The van der Waals surface area contributed by atoms with Crippen LogP contribution in [0.4, 0.5) is 0 Å². The molecule has 1 N–H and O–H groups in total. The van der Waals surface area contributed by atoms with Crippen LogP contribution in [0.15, 0.2) is 18.2 Å². The van der Waals surface area contributed by atoms with Crippen LogP contribution in [-0.2, 0) is 11.3 Å². The fourth-order valence-corrected chi connectivity index (χ4v) is 2.82. The highest BCUT2D eigenvalue weighted by molar-refractivity contribution is 6.31. The summed E-state index contributed by atoms with van der Waals surface area (Å²) < 4.78 is 1.95. The number of carboxylic acid groups (broad SMARTS) is 1. The number of hydrogen-bond acceptors (Lipinski definition) is 2. The van der Waals surface area contributed by atoms with Gasteiger partial charge in [0.25, 0.3) is 5.91 Å². The van der Waals surface area contributed by atoms with E-state index in [1.807, 2.05) is 30.5 Å². The third-order valence-electron chi connectivity index (χ3n) is 3.81. The molecular formula is C16H19ClN2O3. The van der Waals surface area contributed by atoms with Gasteiger partial charge in [0, 0.05) is 36.1 Å². The average Bonchev–Trinajstić information content (AvgIpc) is 2.76. The molecule has 5 nitrogen and oxygen atoms in total. The van der Waals surface area contributed by atoms with E-state index in [4.69, 9.17) is 16.7 Å². The second-order valence-electron chi connectivity index (χ2n) is 5.25. The van der Waals surface area contributed by atoms with Gasteiger partial charge in [-0.25, -0.2) is 0 Å². The first kappa shape index (κ1) is 16.4. The molecule has 1 aromatic heterocycles. The summed E-state index contributed by atoms with van der Waals surface area (Å²) in [7, 11) is 1.62. The molecule has 22 heavy (non-hydrogen) atoms. The lowest BCUT2D eigenvalue weighted by atomic mass is 10.1. The van der Waals surface area contributed by atoms with Crippen LogP contribution >= 0.6 is 11.6 Å². The topological polar surface area (TPSA) is 62.5 Å². The minimum atomic E-state index is -0.917. The van der Waals surface area contributed by atoms with Gasteiger partial charge in [0.15, 0.2) is 0 Å². The van der Waals surface area contributed by atoms with Gasteiger partial charge in [-0.3, -0.25) is 9.59 Å². The second kappa shape index (κ2) is 6.40. The van der Waals surface area contributed by atoms with Gasteiger partial charge in [0.2, 0.25) is 0 Å². The van der Waals surface area contributed by atoms with Crippen molar-refractivity contribution in [3.05, 3.63) is 34.5 Å². The molecule has 0 saturated carbocycles. The Kier molecular flexibility index (Phi) is 4.76. The van der Waals surface area contributed by atoms with E-state index >= 15 is 0 Å². The predicted molar refractivity (Wildman–Crippen MR) is 86.6 cm³/mol. The molecule has 118 valence electrons. The van der Waals surface area contributed by atoms with Crippen molar-refractivity contribution in [1.29, 1.82) is 0 Å². The maximum absolute atomic E-state index is 12.7. The molecule has 2 aromatic rings. The molecule has 0 unspecified atom stereocenters. The maximum atomic E-state index is 12.7. The lowest BCUT2D eigenvalue weighted by Gasteiger charge is -2.18. The van der Waals surface area contributed by atoms with Crippen molar-refractivity contribution in [1.82, 2.24) is 9.47 Å². The largest absolute Gasteiger partial charge is 0.481 e. The summed E-state index contributed by atoms with van der Waals surface area (Å²) in [6.07, 6.45) is -0.0700. The number of benzene rings is 1. The Morgan fingerprint density at radius 3 is 2.64 bits per heavy atom. The van der Waals surface area contributed by atoms with Gasteiger partial charge in [-0.2, -0.15) is 0 Å². The van der Waals surface area contributed by atoms with Crippen molar-refractivity contribution in [2.24, 2.45) is 0 Å². The van der Waals surface area contributed by atoms with Crippen LogP contribution < -0.4 is 0 Å². The van der Waals surface area contributed by atoms with E-state index in [1.54, 1.807) is 13.1 Å². The zero-order valence-corrected chi connectivity index (χ0v) is 13.6. The summed E-state index contributed by atoms with van der Waals surface area (Å²) in [5.74, 6) is -1.09. The number of carbonyl (C=O) groups excluding carboxylic acids is 1. The number of carboxylic acids is 1. The standard InChI is InChI=1S/C16H19ClN2O3/c1-4-19-13-6-5-11(17)9-12(13)10(2)15(19)16(22)18(3)8-7-14(20)21/h5-6,9H,4,7-8H2,1-3H3,(H,20,21). The fraction of sp³-hybridized carbons (Fsp3) is 0.375. The first-order valence-corrected chi connectivity index (χ1v) is 7.50. The average molecular weight is 323 g/mol. The number of amides is 1. The molecular weight excluding hydrogens is 304 g/mol. The SMILES string of the molecule is CCn1c(C(=O)N(C)CCC(=O)O)c(C)c2cc(Cl)ccc21. The van der Waals surface area contributed by atoms with Gasteiger partial charge in [-0.05, 0) is 37.6 Å². The Balaban J connectivity index is 2.47. The van der Waals surface area contributed by atoms with E-state index in [2.05, 4.69) is 0 Å². The van der Waals surface area contributed by atoms with Gasteiger partial charge in [0.05, 0.1) is 6.42 Å². The number of aryl methyl sites for hydroxylation is 2. The highest BCUT2D eigenvalue weighted by Gasteiger charge is 2.22. The molecule has 0 bridgehead atoms. The molecule has 2 rings (SSSR count). The summed E-state index contributed by atoms with van der Waals surface area (Å²) >= 11 is 6.05. The Bertz CT molecular complexity index is 737. The Morgan fingerprint density at radius 1 is 1.36 bits per heavy atom. The summed E-state index contributed by atoms with van der Waals surface area (Å²) in [5.41, 5.74) is 2.42. The Morgan fingerprint density at radius 2 is 2.05 bits per heavy atom. The van der Waals surface area contributed by atoms with Gasteiger partial charge < -0.3 is 14.6 Å². The van der Waals surface area contributed by atoms with E-state index in [0.29, 0.717) is 17.3 Å². The molecule has 6 heteroatoms. The van der Waals surface area contributed by atoms with Crippen LogP contribution in [0.2, 0.25) is 5.02 Å². The summed E-state index contributed by atoms with van der Waals surface area (Å²) in [6.45, 7) is 4.70. The van der Waals surface area contributed by atoms with Crippen molar-refractivity contribution >= 4 is 34.4 Å². The lowest BCUT2D eigenvalue weighted by Crippen LogP contribution is -2.31. The monoisotopic (exact) mass is 322 g/mol. The van der Waals surface area contributed by atoms with Gasteiger partial charge in [-0.1, -0.05) is 11.6 Å². The van der Waals surface area contributed by atoms with E-state index < -0.39 is 5.97 Å². The molecule has 1 amide bonds. The van der Waals surface area contributed by atoms with Crippen LogP contribution in [0.3, 0.4) is 0 Å². The van der Waals surface area contributed by atoms with Crippen molar-refractivity contribution in [2.45, 2.75) is 26.8 Å². The van der Waals surface area contributed by atoms with Crippen LogP contribution in [-0.4, -0.2) is 40.0 Å². The fourth-order valence-electron chi connectivity index (χ4n) is 2.64. The van der Waals surface area contributed by atoms with E-state index in [0.717, 1.165) is 16.5 Å². The quantitative estimate of drug-likeness (QED) is 0.919. The number of hydrogen-bond donors (Lipinski definition) is 1. The second-order valence-corrected chi connectivity index (χ2v) is 5.69. The summed E-state index contributed by atoms with van der Waals surface area (Å²) in [4.78, 5) is 24.8. The number of rotatable bonds is 5. The molecule has 0 aliphatic carbocycles. The first-order chi connectivity index (χ1) is 10.4. The van der Waals surface area contributed by atoms with E-state index in [9.17, 15) is 9.59 Å². The van der Waals surface area contributed by atoms with Crippen LogP contribution in [0, 0.1) is 6.92 Å². The van der Waals surface area contributed by atoms with Crippen LogP contribution in [0.25, 0.3) is 10.9 Å². The highest BCUT2D eigenvalue weighted by atomic mass is 35.5. The smallest absolute Gasteiger partial charge is 0.305 e. The number of fused-ring (bicyclic) bond motifs is 1.